The first-order valence-corrected chi connectivity index (χ1v) is 9.26. The Morgan fingerprint density at radius 2 is 1.31 bits per heavy atom. The van der Waals surface area contributed by atoms with Crippen molar-refractivity contribution in [2.45, 2.75) is 39.5 Å². The summed E-state index contributed by atoms with van der Waals surface area (Å²) < 4.78 is 0. The van der Waals surface area contributed by atoms with Crippen LogP contribution in [-0.4, -0.2) is 9.97 Å². The van der Waals surface area contributed by atoms with E-state index in [1.165, 1.54) is 43.9 Å². The highest BCUT2D eigenvalue weighted by atomic mass is 14.9. The summed E-state index contributed by atoms with van der Waals surface area (Å²) in [6.45, 7) is 8.74. The monoisotopic (exact) mass is 338 g/mol. The second-order valence-electron chi connectivity index (χ2n) is 8.32. The van der Waals surface area contributed by atoms with Crippen molar-refractivity contribution < 1.29 is 0 Å². The lowest BCUT2D eigenvalue weighted by atomic mass is 9.87. The molecule has 2 nitrogen and oxygen atoms in total. The molecule has 0 bridgehead atoms. The van der Waals surface area contributed by atoms with E-state index < -0.39 is 0 Å². The summed E-state index contributed by atoms with van der Waals surface area (Å²) in [5.41, 5.74) is 6.35. The van der Waals surface area contributed by atoms with Gasteiger partial charge in [0.15, 0.2) is 0 Å². The van der Waals surface area contributed by atoms with Gasteiger partial charge in [-0.2, -0.15) is 0 Å². The fraction of sp³-hybridized carbons (Fsp3) is 0.250. The standard InChI is InChI=1S/C24H22N2/c1-14-25-22-20(23(26-14)24(2,3)4)13-19-17-11-6-5-9-15(17)16-10-7-8-12-18(16)21(19)22/h5-12H,13H2,1-4H3. The summed E-state index contributed by atoms with van der Waals surface area (Å²) in [5, 5.41) is 5.29. The number of rotatable bonds is 0. The van der Waals surface area contributed by atoms with E-state index in [-0.39, 0.29) is 5.41 Å². The Morgan fingerprint density at radius 3 is 1.96 bits per heavy atom. The van der Waals surface area contributed by atoms with Gasteiger partial charge >= 0.3 is 0 Å². The van der Waals surface area contributed by atoms with Gasteiger partial charge in [0.1, 0.15) is 5.82 Å². The predicted molar refractivity (Wildman–Crippen MR) is 109 cm³/mol. The van der Waals surface area contributed by atoms with Gasteiger partial charge in [-0.25, -0.2) is 9.97 Å². The molecule has 0 amide bonds. The van der Waals surface area contributed by atoms with E-state index in [0.717, 1.165) is 17.9 Å². The fourth-order valence-electron chi connectivity index (χ4n) is 4.44. The van der Waals surface area contributed by atoms with E-state index >= 15 is 0 Å². The number of hydrogen-bond donors (Lipinski definition) is 0. The van der Waals surface area contributed by atoms with Gasteiger partial charge in [-0.1, -0.05) is 69.3 Å². The summed E-state index contributed by atoms with van der Waals surface area (Å²) in [6.07, 6.45) is 0.920. The van der Waals surface area contributed by atoms with Crippen molar-refractivity contribution >= 4 is 21.5 Å². The zero-order valence-electron chi connectivity index (χ0n) is 15.7. The Kier molecular flexibility index (Phi) is 3.06. The van der Waals surface area contributed by atoms with Crippen LogP contribution in [0.5, 0.6) is 0 Å². The molecule has 0 aliphatic heterocycles. The minimum atomic E-state index is 0.00539. The number of fused-ring (bicyclic) bond motifs is 8. The molecule has 0 radical (unpaired) electrons. The molecule has 1 heterocycles. The predicted octanol–water partition coefficient (Wildman–Crippen LogP) is 5.96. The largest absolute Gasteiger partial charge is 0.237 e. The number of aromatic nitrogens is 2. The molecule has 1 aliphatic rings. The smallest absolute Gasteiger partial charge is 0.126 e. The first-order valence-electron chi connectivity index (χ1n) is 9.26. The van der Waals surface area contributed by atoms with Gasteiger partial charge in [-0.05, 0) is 34.0 Å². The van der Waals surface area contributed by atoms with Crippen molar-refractivity contribution in [2.75, 3.05) is 0 Å². The first-order chi connectivity index (χ1) is 12.4. The van der Waals surface area contributed by atoms with Crippen molar-refractivity contribution in [1.82, 2.24) is 9.97 Å². The quantitative estimate of drug-likeness (QED) is 0.326. The first kappa shape index (κ1) is 15.5. The second kappa shape index (κ2) is 5.14. The van der Waals surface area contributed by atoms with Crippen LogP contribution in [0.4, 0.5) is 0 Å². The van der Waals surface area contributed by atoms with E-state index in [2.05, 4.69) is 69.3 Å². The molecule has 0 unspecified atom stereocenters. The summed E-state index contributed by atoms with van der Waals surface area (Å²) >= 11 is 0. The Morgan fingerprint density at radius 1 is 0.731 bits per heavy atom. The van der Waals surface area contributed by atoms with Crippen LogP contribution < -0.4 is 0 Å². The lowest BCUT2D eigenvalue weighted by Gasteiger charge is -2.21. The van der Waals surface area contributed by atoms with Gasteiger partial charge < -0.3 is 0 Å². The average molecular weight is 338 g/mol. The molecule has 4 aromatic rings. The molecule has 1 aliphatic carbocycles. The molecule has 128 valence electrons. The van der Waals surface area contributed by atoms with Crippen LogP contribution in [0.15, 0.2) is 48.5 Å². The maximum Gasteiger partial charge on any atom is 0.126 e. The highest BCUT2D eigenvalue weighted by molar-refractivity contribution is 6.16. The van der Waals surface area contributed by atoms with Crippen LogP contribution in [0, 0.1) is 6.92 Å². The molecule has 0 atom stereocenters. The molecular weight excluding hydrogens is 316 g/mol. The van der Waals surface area contributed by atoms with E-state index in [1.807, 2.05) is 6.92 Å². The average Bonchev–Trinajstić information content (AvgIpc) is 3.00. The molecule has 26 heavy (non-hydrogen) atoms. The van der Waals surface area contributed by atoms with Gasteiger partial charge in [0.05, 0.1) is 11.4 Å². The van der Waals surface area contributed by atoms with Crippen LogP contribution in [0.1, 0.15) is 43.4 Å². The van der Waals surface area contributed by atoms with Crippen LogP contribution >= 0.6 is 0 Å². The zero-order chi connectivity index (χ0) is 18.1. The maximum absolute atomic E-state index is 4.92. The zero-order valence-corrected chi connectivity index (χ0v) is 15.7. The topological polar surface area (TPSA) is 25.8 Å². The summed E-state index contributed by atoms with van der Waals surface area (Å²) in [7, 11) is 0. The Balaban J connectivity index is 1.98. The van der Waals surface area contributed by atoms with Crippen molar-refractivity contribution in [3.63, 3.8) is 0 Å². The van der Waals surface area contributed by atoms with Crippen molar-refractivity contribution in [1.29, 1.82) is 0 Å². The molecule has 0 fully saturated rings. The molecule has 0 saturated carbocycles. The highest BCUT2D eigenvalue weighted by Crippen LogP contribution is 2.47. The molecule has 0 N–H and O–H groups in total. The summed E-state index contributed by atoms with van der Waals surface area (Å²) in [6, 6.07) is 17.5. The lowest BCUT2D eigenvalue weighted by molar-refractivity contribution is 0.558. The van der Waals surface area contributed by atoms with E-state index in [9.17, 15) is 0 Å². The summed E-state index contributed by atoms with van der Waals surface area (Å²) in [4.78, 5) is 9.76. The van der Waals surface area contributed by atoms with E-state index in [0.29, 0.717) is 0 Å². The third kappa shape index (κ3) is 2.05. The summed E-state index contributed by atoms with van der Waals surface area (Å²) in [5.74, 6) is 0.860. The number of benzene rings is 3. The van der Waals surface area contributed by atoms with E-state index in [4.69, 9.17) is 9.97 Å². The number of nitrogens with zero attached hydrogens (tertiary/aromatic N) is 2. The van der Waals surface area contributed by atoms with Gasteiger partial charge in [0.25, 0.3) is 0 Å². The van der Waals surface area contributed by atoms with Crippen LogP contribution in [-0.2, 0) is 11.8 Å². The molecule has 3 aromatic carbocycles. The fourth-order valence-corrected chi connectivity index (χ4v) is 4.44. The minimum Gasteiger partial charge on any atom is -0.237 e. The van der Waals surface area contributed by atoms with Crippen molar-refractivity contribution in [3.8, 4) is 11.3 Å². The van der Waals surface area contributed by atoms with E-state index in [1.54, 1.807) is 0 Å². The maximum atomic E-state index is 4.92. The van der Waals surface area contributed by atoms with Gasteiger partial charge in [0, 0.05) is 23.0 Å². The van der Waals surface area contributed by atoms with Crippen LogP contribution in [0.3, 0.4) is 0 Å². The normalized spacial score (nSPS) is 13.2. The second-order valence-corrected chi connectivity index (χ2v) is 8.32. The van der Waals surface area contributed by atoms with Gasteiger partial charge in [-0.3, -0.25) is 0 Å². The molecule has 2 heteroatoms. The molecular formula is C24H22N2. The Hall–Kier alpha value is -2.74. The van der Waals surface area contributed by atoms with Crippen molar-refractivity contribution in [2.24, 2.45) is 0 Å². The molecule has 0 spiro atoms. The Bertz CT molecular complexity index is 1200. The Labute approximate surface area is 153 Å². The highest BCUT2D eigenvalue weighted by Gasteiger charge is 2.31. The molecule has 0 saturated heterocycles. The third-order valence-electron chi connectivity index (χ3n) is 5.46. The lowest BCUT2D eigenvalue weighted by Crippen LogP contribution is -2.18. The number of aryl methyl sites for hydroxylation is 1. The number of hydrogen-bond acceptors (Lipinski definition) is 2. The molecule has 5 rings (SSSR count). The SMILES string of the molecule is Cc1nc2c(c(C(C)(C)C)n1)Cc1c-2c2ccccc2c2ccccc12. The van der Waals surface area contributed by atoms with Gasteiger partial charge in [-0.15, -0.1) is 0 Å². The van der Waals surface area contributed by atoms with Crippen LogP contribution in [0.2, 0.25) is 0 Å². The minimum absolute atomic E-state index is 0.00539. The van der Waals surface area contributed by atoms with Crippen molar-refractivity contribution in [3.05, 3.63) is 71.2 Å². The van der Waals surface area contributed by atoms with Crippen LogP contribution in [0.25, 0.3) is 32.8 Å². The van der Waals surface area contributed by atoms with Gasteiger partial charge in [0.2, 0.25) is 0 Å². The molecule has 1 aromatic heterocycles. The third-order valence-corrected chi connectivity index (χ3v) is 5.46.